The summed E-state index contributed by atoms with van der Waals surface area (Å²) >= 11 is 3.40. The van der Waals surface area contributed by atoms with Gasteiger partial charge in [-0.2, -0.15) is 0 Å². The molecule has 0 aliphatic carbocycles. The molecular weight excluding hydrogens is 292 g/mol. The van der Waals surface area contributed by atoms with Gasteiger partial charge in [0.05, 0.1) is 0 Å². The van der Waals surface area contributed by atoms with Crippen LogP contribution in [0.4, 0.5) is 0 Å². The Hall–Kier alpha value is -0.723. The van der Waals surface area contributed by atoms with Crippen molar-refractivity contribution in [1.29, 1.82) is 0 Å². The lowest BCUT2D eigenvalue weighted by Crippen LogP contribution is -2.39. The molecule has 0 spiro atoms. The maximum Gasteiger partial charge on any atom is 0.264 e. The molecule has 0 aliphatic rings. The molecule has 0 N–H and O–H groups in total. The third-order valence-electron chi connectivity index (χ3n) is 3.15. The minimum absolute atomic E-state index is 0.196. The molecule has 1 rings (SSSR count). The quantitative estimate of drug-likeness (QED) is 0.536. The molecular formula is C14H19BrOSi. The Morgan fingerprint density at radius 3 is 2.12 bits per heavy atom. The fourth-order valence-corrected chi connectivity index (χ4v) is 1.78. The van der Waals surface area contributed by atoms with Crippen molar-refractivity contribution in [1.82, 2.24) is 0 Å². The second kappa shape index (κ2) is 5.28. The molecule has 0 bridgehead atoms. The summed E-state index contributed by atoms with van der Waals surface area (Å²) in [7, 11) is -1.75. The standard InChI is InChI=1S/C14H19BrOSi/c1-14(2,3)17(4,5)16-11-10-12-6-8-13(15)9-7-12/h6-9H,1-5H3. The molecule has 92 valence electrons. The van der Waals surface area contributed by atoms with Crippen LogP contribution in [0.5, 0.6) is 0 Å². The maximum absolute atomic E-state index is 5.79. The van der Waals surface area contributed by atoms with Crippen molar-refractivity contribution in [3.8, 4) is 12.0 Å². The zero-order chi connectivity index (χ0) is 13.1. The van der Waals surface area contributed by atoms with E-state index in [0.29, 0.717) is 0 Å². The zero-order valence-electron chi connectivity index (χ0n) is 11.1. The van der Waals surface area contributed by atoms with Crippen LogP contribution in [0.3, 0.4) is 0 Å². The van der Waals surface area contributed by atoms with Crippen molar-refractivity contribution < 1.29 is 4.43 Å². The van der Waals surface area contributed by atoms with E-state index in [1.165, 1.54) is 0 Å². The summed E-state index contributed by atoms with van der Waals surface area (Å²) in [4.78, 5) is 0. The Kier molecular flexibility index (Phi) is 4.46. The summed E-state index contributed by atoms with van der Waals surface area (Å²) in [6.07, 6.45) is 2.86. The highest BCUT2D eigenvalue weighted by Gasteiger charge is 2.38. The summed E-state index contributed by atoms with van der Waals surface area (Å²) in [5.41, 5.74) is 0.979. The number of halogens is 1. The fraction of sp³-hybridized carbons (Fsp3) is 0.429. The van der Waals surface area contributed by atoms with Crippen molar-refractivity contribution in [2.45, 2.75) is 38.9 Å². The predicted molar refractivity (Wildman–Crippen MR) is 79.3 cm³/mol. The lowest BCUT2D eigenvalue weighted by molar-refractivity contribution is 0.461. The van der Waals surface area contributed by atoms with Gasteiger partial charge in [0.25, 0.3) is 8.32 Å². The Morgan fingerprint density at radius 1 is 1.12 bits per heavy atom. The van der Waals surface area contributed by atoms with E-state index in [9.17, 15) is 0 Å². The van der Waals surface area contributed by atoms with Gasteiger partial charge in [-0.1, -0.05) is 36.7 Å². The van der Waals surface area contributed by atoms with Gasteiger partial charge in [0.15, 0.2) is 0 Å². The molecule has 1 aromatic rings. The molecule has 0 fully saturated rings. The number of benzene rings is 1. The highest BCUT2D eigenvalue weighted by Crippen LogP contribution is 2.36. The number of hydrogen-bond acceptors (Lipinski definition) is 1. The Labute approximate surface area is 114 Å². The molecule has 0 radical (unpaired) electrons. The molecule has 0 atom stereocenters. The number of hydrogen-bond donors (Lipinski definition) is 0. The second-order valence-electron chi connectivity index (χ2n) is 5.60. The summed E-state index contributed by atoms with van der Waals surface area (Å²) in [6.45, 7) is 11.0. The Bertz CT molecular complexity index is 432. The molecule has 1 nitrogen and oxygen atoms in total. The Balaban J connectivity index is 2.72. The molecule has 0 heterocycles. The van der Waals surface area contributed by atoms with E-state index in [1.807, 2.05) is 24.3 Å². The largest absolute Gasteiger partial charge is 0.500 e. The molecule has 0 saturated heterocycles. The molecule has 0 aliphatic heterocycles. The molecule has 3 heteroatoms. The fourth-order valence-electron chi connectivity index (χ4n) is 0.898. The topological polar surface area (TPSA) is 9.23 Å². The van der Waals surface area contributed by atoms with Crippen molar-refractivity contribution in [3.63, 3.8) is 0 Å². The van der Waals surface area contributed by atoms with E-state index in [2.05, 4.69) is 61.8 Å². The van der Waals surface area contributed by atoms with Crippen LogP contribution in [0.15, 0.2) is 28.7 Å². The van der Waals surface area contributed by atoms with E-state index >= 15 is 0 Å². The van der Waals surface area contributed by atoms with E-state index in [0.717, 1.165) is 10.0 Å². The first kappa shape index (κ1) is 14.3. The number of rotatable bonds is 1. The van der Waals surface area contributed by atoms with E-state index in [-0.39, 0.29) is 5.04 Å². The van der Waals surface area contributed by atoms with Gasteiger partial charge in [-0.25, -0.2) is 0 Å². The van der Waals surface area contributed by atoms with Crippen molar-refractivity contribution in [2.24, 2.45) is 0 Å². The van der Waals surface area contributed by atoms with Crippen LogP contribution in [0, 0.1) is 12.0 Å². The van der Waals surface area contributed by atoms with Gasteiger partial charge in [0.1, 0.15) is 6.11 Å². The third-order valence-corrected chi connectivity index (χ3v) is 7.91. The van der Waals surface area contributed by atoms with Crippen LogP contribution < -0.4 is 0 Å². The zero-order valence-corrected chi connectivity index (χ0v) is 13.7. The van der Waals surface area contributed by atoms with Crippen molar-refractivity contribution >= 4 is 24.2 Å². The second-order valence-corrected chi connectivity index (χ2v) is 11.2. The van der Waals surface area contributed by atoms with Gasteiger partial charge in [-0.05, 0) is 48.3 Å². The van der Waals surface area contributed by atoms with Crippen LogP contribution in [-0.2, 0) is 4.43 Å². The van der Waals surface area contributed by atoms with Crippen LogP contribution in [0.2, 0.25) is 18.1 Å². The Morgan fingerprint density at radius 2 is 1.65 bits per heavy atom. The smallest absolute Gasteiger partial charge is 0.264 e. The van der Waals surface area contributed by atoms with Crippen LogP contribution in [0.25, 0.3) is 0 Å². The third kappa shape index (κ3) is 4.21. The molecule has 1 aromatic carbocycles. The minimum atomic E-state index is -1.75. The van der Waals surface area contributed by atoms with Crippen molar-refractivity contribution in [2.75, 3.05) is 0 Å². The van der Waals surface area contributed by atoms with E-state index < -0.39 is 8.32 Å². The van der Waals surface area contributed by atoms with E-state index in [4.69, 9.17) is 4.43 Å². The first-order chi connectivity index (χ1) is 7.72. The monoisotopic (exact) mass is 310 g/mol. The normalized spacial score (nSPS) is 11.6. The lowest BCUT2D eigenvalue weighted by Gasteiger charge is -2.33. The molecule has 0 unspecified atom stereocenters. The van der Waals surface area contributed by atoms with Crippen LogP contribution in [0.1, 0.15) is 26.3 Å². The molecule has 0 amide bonds. The highest BCUT2D eigenvalue weighted by molar-refractivity contribution is 9.10. The summed E-state index contributed by atoms with van der Waals surface area (Å²) in [5, 5.41) is 0.196. The van der Waals surface area contributed by atoms with Gasteiger partial charge in [0.2, 0.25) is 0 Å². The van der Waals surface area contributed by atoms with Gasteiger partial charge in [-0.15, -0.1) is 0 Å². The predicted octanol–water partition coefficient (Wildman–Crippen LogP) is 4.78. The summed E-state index contributed by atoms with van der Waals surface area (Å²) < 4.78 is 6.86. The van der Waals surface area contributed by atoms with Crippen molar-refractivity contribution in [3.05, 3.63) is 34.3 Å². The molecule has 17 heavy (non-hydrogen) atoms. The minimum Gasteiger partial charge on any atom is -0.500 e. The van der Waals surface area contributed by atoms with Gasteiger partial charge in [0, 0.05) is 10.0 Å². The van der Waals surface area contributed by atoms with E-state index in [1.54, 1.807) is 0 Å². The lowest BCUT2D eigenvalue weighted by atomic mass is 10.2. The van der Waals surface area contributed by atoms with Gasteiger partial charge in [-0.3, -0.25) is 0 Å². The highest BCUT2D eigenvalue weighted by atomic mass is 79.9. The van der Waals surface area contributed by atoms with Crippen LogP contribution >= 0.6 is 15.9 Å². The summed E-state index contributed by atoms with van der Waals surface area (Å²) in [5.74, 6) is 3.04. The molecule has 0 aromatic heterocycles. The molecule has 0 saturated carbocycles. The first-order valence-electron chi connectivity index (χ1n) is 5.67. The maximum atomic E-state index is 5.79. The van der Waals surface area contributed by atoms with Gasteiger partial charge >= 0.3 is 0 Å². The average Bonchev–Trinajstić information content (AvgIpc) is 2.19. The summed E-state index contributed by atoms with van der Waals surface area (Å²) in [6, 6.07) is 7.92. The van der Waals surface area contributed by atoms with Crippen LogP contribution in [-0.4, -0.2) is 8.32 Å². The first-order valence-corrected chi connectivity index (χ1v) is 9.37. The van der Waals surface area contributed by atoms with Gasteiger partial charge < -0.3 is 4.43 Å². The average molecular weight is 311 g/mol. The SMILES string of the molecule is CC(C)(C)[Si](C)(C)OC#Cc1ccc(Br)cc1.